The van der Waals surface area contributed by atoms with E-state index in [-0.39, 0.29) is 25.5 Å². The van der Waals surface area contributed by atoms with Gasteiger partial charge in [0.1, 0.15) is 5.69 Å². The molecular formula is C18H15ClN2O4S. The highest BCUT2D eigenvalue weighted by Gasteiger charge is 2.11. The zero-order valence-corrected chi connectivity index (χ0v) is 15.2. The lowest BCUT2D eigenvalue weighted by molar-refractivity contribution is -0.145. The van der Waals surface area contributed by atoms with E-state index in [9.17, 15) is 9.59 Å². The Bertz CT molecular complexity index is 875. The van der Waals surface area contributed by atoms with Crippen LogP contribution in [0, 0.1) is 0 Å². The Balaban J connectivity index is 1.42. The fourth-order valence-corrected chi connectivity index (χ4v) is 2.90. The van der Waals surface area contributed by atoms with Crippen molar-refractivity contribution >= 4 is 34.8 Å². The minimum Gasteiger partial charge on any atom is -0.457 e. The Kier molecular flexibility index (Phi) is 6.04. The first kappa shape index (κ1) is 18.2. The number of carbonyl (C=O) groups excluding carboxylic acids is 2. The molecule has 0 aliphatic carbocycles. The number of halogens is 1. The van der Waals surface area contributed by atoms with Crippen molar-refractivity contribution in [1.29, 1.82) is 0 Å². The standard InChI is InChI=1S/C18H15ClN2O4S/c19-13-5-3-12(4-6-13)15-10-14(25-21-15)11-24-17(22)7-8-20-18(23)16-2-1-9-26-16/h1-6,9-10H,7-8,11H2,(H,20,23). The number of carbonyl (C=O) groups is 2. The third kappa shape index (κ3) is 4.93. The molecule has 8 heteroatoms. The molecule has 0 bridgehead atoms. The van der Waals surface area contributed by atoms with Gasteiger partial charge in [-0.1, -0.05) is 35.0 Å². The maximum Gasteiger partial charge on any atom is 0.308 e. The SMILES string of the molecule is O=C(CCNC(=O)c1cccs1)OCc1cc(-c2ccc(Cl)cc2)no1. The summed E-state index contributed by atoms with van der Waals surface area (Å²) < 4.78 is 10.3. The highest BCUT2D eigenvalue weighted by molar-refractivity contribution is 7.12. The van der Waals surface area contributed by atoms with Crippen LogP contribution in [0.5, 0.6) is 0 Å². The van der Waals surface area contributed by atoms with E-state index in [1.54, 1.807) is 30.3 Å². The van der Waals surface area contributed by atoms with E-state index in [1.165, 1.54) is 11.3 Å². The Labute approximate surface area is 158 Å². The number of amides is 1. The van der Waals surface area contributed by atoms with Gasteiger partial charge in [0.05, 0.1) is 11.3 Å². The van der Waals surface area contributed by atoms with E-state index in [0.717, 1.165) is 5.56 Å². The number of aromatic nitrogens is 1. The molecule has 2 aromatic heterocycles. The summed E-state index contributed by atoms with van der Waals surface area (Å²) in [6, 6.07) is 12.4. The molecule has 1 amide bonds. The van der Waals surface area contributed by atoms with E-state index in [0.29, 0.717) is 21.4 Å². The lowest BCUT2D eigenvalue weighted by Gasteiger charge is -2.04. The van der Waals surface area contributed by atoms with Crippen LogP contribution in [0.15, 0.2) is 52.4 Å². The molecule has 1 N–H and O–H groups in total. The smallest absolute Gasteiger partial charge is 0.308 e. The fraction of sp³-hybridized carbons (Fsp3) is 0.167. The van der Waals surface area contributed by atoms with Crippen LogP contribution in [0.2, 0.25) is 5.02 Å². The summed E-state index contributed by atoms with van der Waals surface area (Å²) in [6.45, 7) is 0.195. The lowest BCUT2D eigenvalue weighted by Crippen LogP contribution is -2.25. The third-order valence-corrected chi connectivity index (χ3v) is 4.55. The molecular weight excluding hydrogens is 376 g/mol. The summed E-state index contributed by atoms with van der Waals surface area (Å²) in [5, 5.41) is 9.07. The van der Waals surface area contributed by atoms with Crippen LogP contribution >= 0.6 is 22.9 Å². The minimum absolute atomic E-state index is 0.0156. The third-order valence-electron chi connectivity index (χ3n) is 3.43. The predicted octanol–water partition coefficient (Wildman–Crippen LogP) is 3.92. The second-order valence-corrected chi connectivity index (χ2v) is 6.71. The second kappa shape index (κ2) is 8.64. The van der Waals surface area contributed by atoms with E-state index < -0.39 is 5.97 Å². The number of benzene rings is 1. The molecule has 0 saturated carbocycles. The molecule has 0 aliphatic heterocycles. The first-order chi connectivity index (χ1) is 12.6. The molecule has 2 heterocycles. The van der Waals surface area contributed by atoms with Crippen molar-refractivity contribution in [2.75, 3.05) is 6.54 Å². The summed E-state index contributed by atoms with van der Waals surface area (Å²) in [4.78, 5) is 24.1. The Morgan fingerprint density at radius 2 is 2.04 bits per heavy atom. The van der Waals surface area contributed by atoms with E-state index in [2.05, 4.69) is 10.5 Å². The topological polar surface area (TPSA) is 81.4 Å². The van der Waals surface area contributed by atoms with Gasteiger partial charge in [0.25, 0.3) is 5.91 Å². The maximum absolute atomic E-state index is 11.8. The molecule has 3 rings (SSSR count). The number of hydrogen-bond donors (Lipinski definition) is 1. The number of hydrogen-bond acceptors (Lipinski definition) is 6. The monoisotopic (exact) mass is 390 g/mol. The van der Waals surface area contributed by atoms with Crippen LogP contribution < -0.4 is 5.32 Å². The summed E-state index contributed by atoms with van der Waals surface area (Å²) in [7, 11) is 0. The molecule has 1 aromatic carbocycles. The van der Waals surface area contributed by atoms with Crippen molar-refractivity contribution in [3.63, 3.8) is 0 Å². The van der Waals surface area contributed by atoms with Crippen molar-refractivity contribution in [2.24, 2.45) is 0 Å². The van der Waals surface area contributed by atoms with Crippen LogP contribution in [0.1, 0.15) is 21.9 Å². The Morgan fingerprint density at radius 1 is 1.23 bits per heavy atom. The van der Waals surface area contributed by atoms with Crippen LogP contribution in [-0.4, -0.2) is 23.6 Å². The van der Waals surface area contributed by atoms with E-state index in [1.807, 2.05) is 17.5 Å². The van der Waals surface area contributed by atoms with Gasteiger partial charge >= 0.3 is 5.97 Å². The molecule has 26 heavy (non-hydrogen) atoms. The van der Waals surface area contributed by atoms with Crippen molar-refractivity contribution in [3.05, 3.63) is 63.5 Å². The maximum atomic E-state index is 11.8. The van der Waals surface area contributed by atoms with Crippen LogP contribution in [0.4, 0.5) is 0 Å². The number of ether oxygens (including phenoxy) is 1. The van der Waals surface area contributed by atoms with Gasteiger partial charge < -0.3 is 14.6 Å². The molecule has 3 aromatic rings. The van der Waals surface area contributed by atoms with Crippen molar-refractivity contribution in [1.82, 2.24) is 10.5 Å². The van der Waals surface area contributed by atoms with Crippen molar-refractivity contribution < 1.29 is 18.8 Å². The zero-order valence-electron chi connectivity index (χ0n) is 13.6. The van der Waals surface area contributed by atoms with Gasteiger partial charge in [-0.25, -0.2) is 0 Å². The summed E-state index contributed by atoms with van der Waals surface area (Å²) >= 11 is 7.20. The molecule has 0 aliphatic rings. The number of thiophene rings is 1. The average Bonchev–Trinajstić information content (AvgIpc) is 3.32. The minimum atomic E-state index is -0.430. The lowest BCUT2D eigenvalue weighted by atomic mass is 10.1. The number of esters is 1. The summed E-state index contributed by atoms with van der Waals surface area (Å²) in [6.07, 6.45) is 0.0787. The largest absolute Gasteiger partial charge is 0.457 e. The number of nitrogens with zero attached hydrogens (tertiary/aromatic N) is 1. The summed E-state index contributed by atoms with van der Waals surface area (Å²) in [5.41, 5.74) is 1.49. The first-order valence-corrected chi connectivity index (χ1v) is 9.06. The zero-order chi connectivity index (χ0) is 18.4. The molecule has 6 nitrogen and oxygen atoms in total. The summed E-state index contributed by atoms with van der Waals surface area (Å²) in [5.74, 6) is -0.192. The molecule has 0 radical (unpaired) electrons. The van der Waals surface area contributed by atoms with Crippen molar-refractivity contribution in [2.45, 2.75) is 13.0 Å². The Morgan fingerprint density at radius 3 is 2.77 bits per heavy atom. The number of rotatable bonds is 7. The normalized spacial score (nSPS) is 10.5. The van der Waals surface area contributed by atoms with Gasteiger partial charge in [0.15, 0.2) is 12.4 Å². The van der Waals surface area contributed by atoms with Gasteiger partial charge in [-0.3, -0.25) is 9.59 Å². The molecule has 0 saturated heterocycles. The van der Waals surface area contributed by atoms with E-state index >= 15 is 0 Å². The van der Waals surface area contributed by atoms with Crippen LogP contribution in [0.25, 0.3) is 11.3 Å². The van der Waals surface area contributed by atoms with Gasteiger partial charge in [-0.05, 0) is 23.6 Å². The average molecular weight is 391 g/mol. The van der Waals surface area contributed by atoms with Gasteiger partial charge in [0, 0.05) is 23.2 Å². The molecule has 0 unspecified atom stereocenters. The van der Waals surface area contributed by atoms with Crippen LogP contribution in [-0.2, 0) is 16.1 Å². The molecule has 134 valence electrons. The molecule has 0 spiro atoms. The van der Waals surface area contributed by atoms with Gasteiger partial charge in [0.2, 0.25) is 0 Å². The Hall–Kier alpha value is -2.64. The second-order valence-electron chi connectivity index (χ2n) is 5.33. The van der Waals surface area contributed by atoms with Crippen LogP contribution in [0.3, 0.4) is 0 Å². The fourth-order valence-electron chi connectivity index (χ4n) is 2.13. The highest BCUT2D eigenvalue weighted by Crippen LogP contribution is 2.21. The molecule has 0 atom stereocenters. The van der Waals surface area contributed by atoms with E-state index in [4.69, 9.17) is 20.9 Å². The highest BCUT2D eigenvalue weighted by atomic mass is 35.5. The molecule has 0 fully saturated rings. The quantitative estimate of drug-likeness (QED) is 0.618. The number of nitrogens with one attached hydrogen (secondary N) is 1. The van der Waals surface area contributed by atoms with Gasteiger partial charge in [-0.2, -0.15) is 0 Å². The van der Waals surface area contributed by atoms with Gasteiger partial charge in [-0.15, -0.1) is 11.3 Å². The van der Waals surface area contributed by atoms with Crippen molar-refractivity contribution in [3.8, 4) is 11.3 Å². The first-order valence-electron chi connectivity index (χ1n) is 7.80. The predicted molar refractivity (Wildman–Crippen MR) is 98.0 cm³/mol.